The molecule has 86 valence electrons. The SMILES string of the molecule is CCCC(C)(C)C(C)(C)n1cc(C)nn1. The summed E-state index contributed by atoms with van der Waals surface area (Å²) in [5.41, 5.74) is 1.21. The highest BCUT2D eigenvalue weighted by Crippen LogP contribution is 2.40. The van der Waals surface area contributed by atoms with Crippen LogP contribution in [0, 0.1) is 12.3 Å². The van der Waals surface area contributed by atoms with E-state index in [-0.39, 0.29) is 11.0 Å². The third kappa shape index (κ3) is 2.21. The summed E-state index contributed by atoms with van der Waals surface area (Å²) < 4.78 is 2.00. The fraction of sp³-hybridized carbons (Fsp3) is 0.833. The molecule has 0 aliphatic rings. The summed E-state index contributed by atoms with van der Waals surface area (Å²) in [7, 11) is 0. The van der Waals surface area contributed by atoms with Crippen molar-refractivity contribution in [3.05, 3.63) is 11.9 Å². The van der Waals surface area contributed by atoms with E-state index >= 15 is 0 Å². The summed E-state index contributed by atoms with van der Waals surface area (Å²) >= 11 is 0. The van der Waals surface area contributed by atoms with E-state index in [0.29, 0.717) is 0 Å². The lowest BCUT2D eigenvalue weighted by atomic mass is 9.71. The Balaban J connectivity index is 3.00. The zero-order valence-electron chi connectivity index (χ0n) is 10.8. The molecule has 0 amide bonds. The van der Waals surface area contributed by atoms with E-state index in [1.807, 2.05) is 17.8 Å². The Labute approximate surface area is 92.9 Å². The first-order chi connectivity index (χ1) is 6.81. The average Bonchev–Trinajstić information content (AvgIpc) is 2.51. The highest BCUT2D eigenvalue weighted by Gasteiger charge is 2.38. The zero-order chi connectivity index (χ0) is 11.7. The van der Waals surface area contributed by atoms with Gasteiger partial charge in [0.2, 0.25) is 0 Å². The van der Waals surface area contributed by atoms with Crippen molar-refractivity contribution in [2.24, 2.45) is 5.41 Å². The maximum absolute atomic E-state index is 4.20. The topological polar surface area (TPSA) is 30.7 Å². The van der Waals surface area contributed by atoms with Crippen molar-refractivity contribution in [2.75, 3.05) is 0 Å². The van der Waals surface area contributed by atoms with Gasteiger partial charge in [-0.1, -0.05) is 32.4 Å². The normalized spacial score (nSPS) is 13.2. The monoisotopic (exact) mass is 209 g/mol. The number of nitrogens with zero attached hydrogens (tertiary/aromatic N) is 3. The molecule has 0 atom stereocenters. The maximum Gasteiger partial charge on any atom is 0.0796 e. The van der Waals surface area contributed by atoms with Crippen LogP contribution in [0.2, 0.25) is 0 Å². The fourth-order valence-electron chi connectivity index (χ4n) is 1.86. The minimum absolute atomic E-state index is 0.00424. The molecular formula is C12H23N3. The number of aromatic nitrogens is 3. The molecule has 0 saturated carbocycles. The highest BCUT2D eigenvalue weighted by atomic mass is 15.4. The standard InChI is InChI=1S/C12H23N3/c1-7-8-11(3,4)12(5,6)15-9-10(2)13-14-15/h9H,7-8H2,1-6H3. The third-order valence-corrected chi connectivity index (χ3v) is 3.71. The quantitative estimate of drug-likeness (QED) is 0.762. The molecule has 0 unspecified atom stereocenters. The number of hydrogen-bond acceptors (Lipinski definition) is 2. The molecule has 0 aliphatic carbocycles. The molecule has 0 aliphatic heterocycles. The second-order valence-electron chi connectivity index (χ2n) is 5.50. The molecule has 0 spiro atoms. The van der Waals surface area contributed by atoms with Gasteiger partial charge in [-0.2, -0.15) is 0 Å². The second kappa shape index (κ2) is 3.95. The van der Waals surface area contributed by atoms with E-state index in [9.17, 15) is 0 Å². The van der Waals surface area contributed by atoms with Gasteiger partial charge < -0.3 is 0 Å². The van der Waals surface area contributed by atoms with Crippen LogP contribution in [0.5, 0.6) is 0 Å². The Bertz CT molecular complexity index is 323. The molecule has 0 fully saturated rings. The molecular weight excluding hydrogens is 186 g/mol. The van der Waals surface area contributed by atoms with Crippen LogP contribution in [0.4, 0.5) is 0 Å². The summed E-state index contributed by atoms with van der Waals surface area (Å²) in [4.78, 5) is 0. The Morgan fingerprint density at radius 1 is 1.27 bits per heavy atom. The van der Waals surface area contributed by atoms with E-state index in [1.165, 1.54) is 12.8 Å². The molecule has 1 aromatic heterocycles. The Kier molecular flexibility index (Phi) is 3.22. The Hall–Kier alpha value is -0.860. The van der Waals surface area contributed by atoms with Crippen LogP contribution >= 0.6 is 0 Å². The van der Waals surface area contributed by atoms with E-state index in [2.05, 4.69) is 44.9 Å². The lowest BCUT2D eigenvalue weighted by molar-refractivity contribution is 0.0905. The number of rotatable bonds is 4. The fourth-order valence-corrected chi connectivity index (χ4v) is 1.86. The molecule has 0 N–H and O–H groups in total. The van der Waals surface area contributed by atoms with Crippen LogP contribution < -0.4 is 0 Å². The van der Waals surface area contributed by atoms with Crippen molar-refractivity contribution in [3.8, 4) is 0 Å². The molecule has 1 rings (SSSR count). The van der Waals surface area contributed by atoms with Gasteiger partial charge in [0.05, 0.1) is 11.2 Å². The van der Waals surface area contributed by atoms with Crippen LogP contribution in [0.15, 0.2) is 6.20 Å². The summed E-state index contributed by atoms with van der Waals surface area (Å²) in [6.07, 6.45) is 4.42. The number of aryl methyl sites for hydroxylation is 1. The minimum atomic E-state index is 0.00424. The van der Waals surface area contributed by atoms with Gasteiger partial charge >= 0.3 is 0 Å². The van der Waals surface area contributed by atoms with Gasteiger partial charge in [-0.05, 0) is 32.6 Å². The number of hydrogen-bond donors (Lipinski definition) is 0. The predicted octanol–water partition coefficient (Wildman–Crippen LogP) is 3.15. The van der Waals surface area contributed by atoms with Gasteiger partial charge in [-0.15, -0.1) is 5.10 Å². The zero-order valence-corrected chi connectivity index (χ0v) is 10.8. The van der Waals surface area contributed by atoms with Crippen molar-refractivity contribution in [1.29, 1.82) is 0 Å². The van der Waals surface area contributed by atoms with Crippen LogP contribution in [0.1, 0.15) is 53.2 Å². The van der Waals surface area contributed by atoms with Crippen LogP contribution in [0.3, 0.4) is 0 Å². The molecule has 0 aromatic carbocycles. The van der Waals surface area contributed by atoms with Crippen molar-refractivity contribution in [1.82, 2.24) is 15.0 Å². The summed E-state index contributed by atoms with van der Waals surface area (Å²) in [5.74, 6) is 0. The van der Waals surface area contributed by atoms with Gasteiger partial charge in [0.1, 0.15) is 0 Å². The van der Waals surface area contributed by atoms with E-state index < -0.39 is 0 Å². The maximum atomic E-state index is 4.20. The first kappa shape index (κ1) is 12.2. The second-order valence-corrected chi connectivity index (χ2v) is 5.50. The van der Waals surface area contributed by atoms with Gasteiger partial charge in [-0.25, -0.2) is 4.68 Å². The van der Waals surface area contributed by atoms with Gasteiger partial charge in [0.25, 0.3) is 0 Å². The molecule has 3 heteroatoms. The van der Waals surface area contributed by atoms with E-state index in [4.69, 9.17) is 0 Å². The highest BCUT2D eigenvalue weighted by molar-refractivity contribution is 4.96. The first-order valence-electron chi connectivity index (χ1n) is 5.70. The Morgan fingerprint density at radius 2 is 1.87 bits per heavy atom. The molecule has 1 aromatic rings. The molecule has 0 bridgehead atoms. The third-order valence-electron chi connectivity index (χ3n) is 3.71. The smallest absolute Gasteiger partial charge is 0.0796 e. The van der Waals surface area contributed by atoms with Crippen molar-refractivity contribution in [3.63, 3.8) is 0 Å². The summed E-state index contributed by atoms with van der Waals surface area (Å²) in [6.45, 7) is 13.3. The summed E-state index contributed by atoms with van der Waals surface area (Å²) in [6, 6.07) is 0. The first-order valence-corrected chi connectivity index (χ1v) is 5.70. The van der Waals surface area contributed by atoms with Crippen LogP contribution in [-0.4, -0.2) is 15.0 Å². The van der Waals surface area contributed by atoms with Crippen LogP contribution in [-0.2, 0) is 5.54 Å². The molecule has 1 heterocycles. The van der Waals surface area contributed by atoms with Gasteiger partial charge in [0.15, 0.2) is 0 Å². The average molecular weight is 209 g/mol. The Morgan fingerprint density at radius 3 is 2.27 bits per heavy atom. The molecule has 3 nitrogen and oxygen atoms in total. The van der Waals surface area contributed by atoms with Crippen molar-refractivity contribution < 1.29 is 0 Å². The molecule has 15 heavy (non-hydrogen) atoms. The largest absolute Gasteiger partial charge is 0.246 e. The van der Waals surface area contributed by atoms with Crippen molar-refractivity contribution >= 4 is 0 Å². The van der Waals surface area contributed by atoms with Gasteiger partial charge in [0, 0.05) is 6.20 Å². The van der Waals surface area contributed by atoms with Crippen molar-refractivity contribution in [2.45, 2.75) is 59.9 Å². The molecule has 0 saturated heterocycles. The van der Waals surface area contributed by atoms with Gasteiger partial charge in [-0.3, -0.25) is 0 Å². The molecule has 0 radical (unpaired) electrons. The summed E-state index contributed by atoms with van der Waals surface area (Å²) in [5, 5.41) is 8.27. The lowest BCUT2D eigenvalue weighted by Gasteiger charge is -2.41. The van der Waals surface area contributed by atoms with Crippen LogP contribution in [0.25, 0.3) is 0 Å². The predicted molar refractivity (Wildman–Crippen MR) is 62.8 cm³/mol. The van der Waals surface area contributed by atoms with E-state index in [1.54, 1.807) is 0 Å². The lowest BCUT2D eigenvalue weighted by Crippen LogP contribution is -2.42. The minimum Gasteiger partial charge on any atom is -0.246 e. The van der Waals surface area contributed by atoms with E-state index in [0.717, 1.165) is 5.69 Å².